The van der Waals surface area contributed by atoms with Gasteiger partial charge in [0, 0.05) is 19.2 Å². The maximum atomic E-state index is 7.79. The summed E-state index contributed by atoms with van der Waals surface area (Å²) < 4.78 is 5.13. The number of benzene rings is 1. The van der Waals surface area contributed by atoms with Gasteiger partial charge in [0.05, 0.1) is 6.10 Å². The molecule has 1 aromatic rings. The molecule has 0 aliphatic heterocycles. The Morgan fingerprint density at radius 2 is 2.00 bits per heavy atom. The lowest BCUT2D eigenvalue weighted by Gasteiger charge is -2.10. The molecule has 1 aromatic carbocycles. The van der Waals surface area contributed by atoms with E-state index in [1.54, 1.807) is 7.11 Å². The molecule has 1 N–H and O–H groups in total. The number of rotatable bonds is 6. The SMILES string of the molecule is COC(C)CC(=N)CCc1ccccc1. The second-order valence-electron chi connectivity index (χ2n) is 3.84. The maximum Gasteiger partial charge on any atom is 0.0595 e. The van der Waals surface area contributed by atoms with Crippen molar-refractivity contribution in [3.8, 4) is 0 Å². The van der Waals surface area contributed by atoms with Crippen molar-refractivity contribution in [2.24, 2.45) is 0 Å². The first-order valence-corrected chi connectivity index (χ1v) is 5.35. The summed E-state index contributed by atoms with van der Waals surface area (Å²) in [4.78, 5) is 0. The lowest BCUT2D eigenvalue weighted by molar-refractivity contribution is 0.124. The van der Waals surface area contributed by atoms with Gasteiger partial charge in [0.15, 0.2) is 0 Å². The Hall–Kier alpha value is -1.15. The lowest BCUT2D eigenvalue weighted by atomic mass is 10.0. The van der Waals surface area contributed by atoms with E-state index in [2.05, 4.69) is 12.1 Å². The monoisotopic (exact) mass is 205 g/mol. The standard InChI is InChI=1S/C13H19NO/c1-11(15-2)10-13(14)9-8-12-6-4-3-5-7-12/h3-7,11,14H,8-10H2,1-2H3. The van der Waals surface area contributed by atoms with Gasteiger partial charge in [-0.1, -0.05) is 30.3 Å². The summed E-state index contributed by atoms with van der Waals surface area (Å²) in [6.45, 7) is 2.00. The van der Waals surface area contributed by atoms with Crippen LogP contribution in [0.3, 0.4) is 0 Å². The Morgan fingerprint density at radius 3 is 2.60 bits per heavy atom. The average molecular weight is 205 g/mol. The summed E-state index contributed by atoms with van der Waals surface area (Å²) in [5.41, 5.74) is 2.07. The molecule has 1 unspecified atom stereocenters. The molecule has 0 spiro atoms. The van der Waals surface area contributed by atoms with Crippen molar-refractivity contribution in [1.29, 1.82) is 5.41 Å². The van der Waals surface area contributed by atoms with Gasteiger partial charge in [-0.25, -0.2) is 0 Å². The van der Waals surface area contributed by atoms with Gasteiger partial charge in [-0.3, -0.25) is 0 Å². The van der Waals surface area contributed by atoms with E-state index in [1.165, 1.54) is 5.56 Å². The van der Waals surface area contributed by atoms with E-state index in [1.807, 2.05) is 25.1 Å². The summed E-state index contributed by atoms with van der Waals surface area (Å²) in [6, 6.07) is 10.3. The minimum absolute atomic E-state index is 0.160. The third-order valence-corrected chi connectivity index (χ3v) is 2.49. The van der Waals surface area contributed by atoms with Crippen molar-refractivity contribution < 1.29 is 4.74 Å². The first-order chi connectivity index (χ1) is 7.22. The molecule has 0 aliphatic carbocycles. The molecule has 0 aromatic heterocycles. The summed E-state index contributed by atoms with van der Waals surface area (Å²) in [5, 5.41) is 7.79. The van der Waals surface area contributed by atoms with Crippen LogP contribution in [0.4, 0.5) is 0 Å². The van der Waals surface area contributed by atoms with Crippen LogP contribution in [0, 0.1) is 5.41 Å². The van der Waals surface area contributed by atoms with E-state index in [4.69, 9.17) is 10.1 Å². The number of aryl methyl sites for hydroxylation is 1. The zero-order valence-corrected chi connectivity index (χ0v) is 9.49. The fourth-order valence-electron chi connectivity index (χ4n) is 1.47. The highest BCUT2D eigenvalue weighted by atomic mass is 16.5. The van der Waals surface area contributed by atoms with E-state index in [0.717, 1.165) is 25.0 Å². The second kappa shape index (κ2) is 6.36. The first-order valence-electron chi connectivity index (χ1n) is 5.35. The molecule has 0 bridgehead atoms. The first kappa shape index (κ1) is 11.9. The van der Waals surface area contributed by atoms with Crippen LogP contribution < -0.4 is 0 Å². The van der Waals surface area contributed by atoms with Gasteiger partial charge in [0.25, 0.3) is 0 Å². The summed E-state index contributed by atoms with van der Waals surface area (Å²) in [7, 11) is 1.69. The fourth-order valence-corrected chi connectivity index (χ4v) is 1.47. The second-order valence-corrected chi connectivity index (χ2v) is 3.84. The third kappa shape index (κ3) is 4.75. The van der Waals surface area contributed by atoms with E-state index < -0.39 is 0 Å². The van der Waals surface area contributed by atoms with Gasteiger partial charge in [-0.15, -0.1) is 0 Å². The quantitative estimate of drug-likeness (QED) is 0.711. The van der Waals surface area contributed by atoms with E-state index in [0.29, 0.717) is 0 Å². The molecule has 15 heavy (non-hydrogen) atoms. The average Bonchev–Trinajstić information content (AvgIpc) is 2.27. The predicted octanol–water partition coefficient (Wildman–Crippen LogP) is 3.06. The van der Waals surface area contributed by atoms with Gasteiger partial charge in [0.2, 0.25) is 0 Å². The molecule has 0 aliphatic rings. The summed E-state index contributed by atoms with van der Waals surface area (Å²) in [6.07, 6.45) is 2.69. The van der Waals surface area contributed by atoms with Crippen molar-refractivity contribution in [1.82, 2.24) is 0 Å². The molecule has 0 heterocycles. The highest BCUT2D eigenvalue weighted by molar-refractivity contribution is 5.81. The minimum Gasteiger partial charge on any atom is -0.381 e. The zero-order chi connectivity index (χ0) is 11.1. The van der Waals surface area contributed by atoms with Crippen LogP contribution >= 0.6 is 0 Å². The summed E-state index contributed by atoms with van der Waals surface area (Å²) in [5.74, 6) is 0. The number of hydrogen-bond donors (Lipinski definition) is 1. The van der Waals surface area contributed by atoms with Gasteiger partial charge in [-0.2, -0.15) is 0 Å². The highest BCUT2D eigenvalue weighted by Gasteiger charge is 2.04. The van der Waals surface area contributed by atoms with Gasteiger partial charge in [0.1, 0.15) is 0 Å². The molecule has 1 atom stereocenters. The van der Waals surface area contributed by atoms with Gasteiger partial charge in [-0.05, 0) is 25.3 Å². The molecule has 0 saturated carbocycles. The number of methoxy groups -OCH3 is 1. The van der Waals surface area contributed by atoms with E-state index in [-0.39, 0.29) is 6.10 Å². The molecular formula is C13H19NO. The van der Waals surface area contributed by atoms with Crippen LogP contribution in [0.25, 0.3) is 0 Å². The molecule has 2 heteroatoms. The molecule has 0 saturated heterocycles. The summed E-state index contributed by atoms with van der Waals surface area (Å²) >= 11 is 0. The van der Waals surface area contributed by atoms with Crippen LogP contribution in [0.2, 0.25) is 0 Å². The van der Waals surface area contributed by atoms with E-state index >= 15 is 0 Å². The van der Waals surface area contributed by atoms with Crippen molar-refractivity contribution >= 4 is 5.71 Å². The van der Waals surface area contributed by atoms with Crippen LogP contribution in [0.5, 0.6) is 0 Å². The maximum absolute atomic E-state index is 7.79. The third-order valence-electron chi connectivity index (χ3n) is 2.49. The molecule has 0 amide bonds. The fraction of sp³-hybridized carbons (Fsp3) is 0.462. The Bertz CT molecular complexity index is 295. The van der Waals surface area contributed by atoms with Crippen molar-refractivity contribution in [2.75, 3.05) is 7.11 Å². The predicted molar refractivity (Wildman–Crippen MR) is 63.6 cm³/mol. The van der Waals surface area contributed by atoms with Crippen molar-refractivity contribution in [3.05, 3.63) is 35.9 Å². The minimum atomic E-state index is 0.160. The number of hydrogen-bond acceptors (Lipinski definition) is 2. The largest absolute Gasteiger partial charge is 0.381 e. The normalized spacial score (nSPS) is 12.4. The van der Waals surface area contributed by atoms with Crippen molar-refractivity contribution in [2.45, 2.75) is 32.3 Å². The Balaban J connectivity index is 2.29. The Kier molecular flexibility index (Phi) is 5.05. The smallest absolute Gasteiger partial charge is 0.0595 e. The topological polar surface area (TPSA) is 33.1 Å². The molecule has 82 valence electrons. The van der Waals surface area contributed by atoms with Crippen LogP contribution in [0.15, 0.2) is 30.3 Å². The van der Waals surface area contributed by atoms with Crippen LogP contribution in [-0.2, 0) is 11.2 Å². The molecule has 1 rings (SSSR count). The van der Waals surface area contributed by atoms with E-state index in [9.17, 15) is 0 Å². The highest BCUT2D eigenvalue weighted by Crippen LogP contribution is 2.06. The Morgan fingerprint density at radius 1 is 1.33 bits per heavy atom. The van der Waals surface area contributed by atoms with Crippen LogP contribution in [0.1, 0.15) is 25.3 Å². The van der Waals surface area contributed by atoms with Crippen molar-refractivity contribution in [3.63, 3.8) is 0 Å². The molecular weight excluding hydrogens is 186 g/mol. The molecule has 0 radical (unpaired) electrons. The van der Waals surface area contributed by atoms with Gasteiger partial charge < -0.3 is 10.1 Å². The lowest BCUT2D eigenvalue weighted by Crippen LogP contribution is -2.12. The molecule has 2 nitrogen and oxygen atoms in total. The molecule has 0 fully saturated rings. The number of ether oxygens (including phenoxy) is 1. The number of nitrogens with one attached hydrogen (secondary N) is 1. The van der Waals surface area contributed by atoms with Gasteiger partial charge >= 0.3 is 0 Å². The van der Waals surface area contributed by atoms with Crippen LogP contribution in [-0.4, -0.2) is 18.9 Å². The zero-order valence-electron chi connectivity index (χ0n) is 9.49. The Labute approximate surface area is 91.8 Å².